The third kappa shape index (κ3) is 10.4. The number of aryl methyl sites for hydroxylation is 2. The highest BCUT2D eigenvalue weighted by atomic mass is 16.7. The largest absolute Gasteiger partial charge is 0.455 e. The first kappa shape index (κ1) is 41.6. The first-order chi connectivity index (χ1) is 23.9. The second-order valence-corrected chi connectivity index (χ2v) is 14.9. The van der Waals surface area contributed by atoms with Gasteiger partial charge in [0.25, 0.3) is 0 Å². The minimum absolute atomic E-state index is 0.0163. The molecule has 3 aliphatic rings. The summed E-state index contributed by atoms with van der Waals surface area (Å²) in [5.41, 5.74) is 5.47. The molecule has 0 bridgehead atoms. The van der Waals surface area contributed by atoms with E-state index in [4.69, 9.17) is 23.7 Å². The molecular weight excluding hydrogens is 654 g/mol. The third-order valence-corrected chi connectivity index (χ3v) is 9.03. The summed E-state index contributed by atoms with van der Waals surface area (Å²) >= 11 is 0. The van der Waals surface area contributed by atoms with Gasteiger partial charge in [0.05, 0.1) is 18.4 Å². The molecule has 0 aromatic carbocycles. The molecule has 1 heterocycles. The van der Waals surface area contributed by atoms with Crippen LogP contribution >= 0.6 is 0 Å². The van der Waals surface area contributed by atoms with Gasteiger partial charge in [0.15, 0.2) is 24.6 Å². The van der Waals surface area contributed by atoms with Gasteiger partial charge in [-0.05, 0) is 47.1 Å². The van der Waals surface area contributed by atoms with Crippen LogP contribution in [0.15, 0.2) is 30.3 Å². The van der Waals surface area contributed by atoms with Crippen LogP contribution in [-0.4, -0.2) is 79.0 Å². The van der Waals surface area contributed by atoms with E-state index in [2.05, 4.69) is 45.0 Å². The van der Waals surface area contributed by atoms with Crippen molar-refractivity contribution < 1.29 is 47.7 Å². The van der Waals surface area contributed by atoms with E-state index in [1.165, 1.54) is 12.7 Å². The SMILES string of the molecule is CO[C@H]1O[C@H](CN(C(=O)C(C)C)C(=O)C(C)C)[C@@H](OC(=O)C(C)C)[C@H](OC(=O)C(C)C)[C@@H]1OC(=O)CCc1ccc(C(C)C)cc2c(C)ccc1-2. The molecule has 51 heavy (non-hydrogen) atoms. The Morgan fingerprint density at radius 1 is 0.706 bits per heavy atom. The van der Waals surface area contributed by atoms with Gasteiger partial charge in [-0.3, -0.25) is 28.9 Å². The van der Waals surface area contributed by atoms with Gasteiger partial charge >= 0.3 is 17.9 Å². The van der Waals surface area contributed by atoms with Crippen molar-refractivity contribution in [1.82, 2.24) is 4.90 Å². The van der Waals surface area contributed by atoms with E-state index in [1.54, 1.807) is 55.4 Å². The Labute approximate surface area is 303 Å². The summed E-state index contributed by atoms with van der Waals surface area (Å²) in [7, 11) is 1.34. The fraction of sp³-hybridized carbons (Fsp3) is 0.625. The molecule has 1 aliphatic heterocycles. The van der Waals surface area contributed by atoms with Crippen molar-refractivity contribution in [3.8, 4) is 11.1 Å². The van der Waals surface area contributed by atoms with Crippen LogP contribution in [-0.2, 0) is 54.1 Å². The predicted molar refractivity (Wildman–Crippen MR) is 192 cm³/mol. The number of imide groups is 1. The number of carbonyl (C=O) groups is 5. The number of hydrogen-bond donors (Lipinski definition) is 0. The van der Waals surface area contributed by atoms with Crippen LogP contribution in [0.4, 0.5) is 0 Å². The lowest BCUT2D eigenvalue weighted by Crippen LogP contribution is -2.65. The maximum Gasteiger partial charge on any atom is 0.308 e. The van der Waals surface area contributed by atoms with Gasteiger partial charge in [0.2, 0.25) is 11.8 Å². The van der Waals surface area contributed by atoms with Crippen molar-refractivity contribution in [1.29, 1.82) is 0 Å². The van der Waals surface area contributed by atoms with Gasteiger partial charge in [-0.2, -0.15) is 0 Å². The highest BCUT2D eigenvalue weighted by molar-refractivity contribution is 5.97. The average molecular weight is 712 g/mol. The molecule has 11 heteroatoms. The minimum atomic E-state index is -1.38. The molecule has 0 N–H and O–H groups in total. The third-order valence-electron chi connectivity index (χ3n) is 9.03. The molecule has 5 atom stereocenters. The van der Waals surface area contributed by atoms with E-state index in [1.807, 2.05) is 6.07 Å². The fourth-order valence-corrected chi connectivity index (χ4v) is 5.85. The van der Waals surface area contributed by atoms with Gasteiger partial charge in [-0.1, -0.05) is 99.6 Å². The number of hydrogen-bond acceptors (Lipinski definition) is 10. The maximum absolute atomic E-state index is 13.7. The highest BCUT2D eigenvalue weighted by Crippen LogP contribution is 2.34. The summed E-state index contributed by atoms with van der Waals surface area (Å²) in [6.07, 6.45) is -6.21. The Morgan fingerprint density at radius 2 is 1.27 bits per heavy atom. The first-order valence-corrected chi connectivity index (χ1v) is 18.0. The number of ether oxygens (including phenoxy) is 5. The molecule has 1 fully saturated rings. The molecule has 1 saturated heterocycles. The van der Waals surface area contributed by atoms with Crippen LogP contribution in [0.2, 0.25) is 0 Å². The van der Waals surface area contributed by atoms with Gasteiger partial charge in [-0.15, -0.1) is 0 Å². The number of amides is 2. The zero-order valence-electron chi connectivity index (χ0n) is 32.3. The van der Waals surface area contributed by atoms with Crippen molar-refractivity contribution in [3.63, 3.8) is 0 Å². The Hall–Kier alpha value is -3.83. The molecule has 282 valence electrons. The number of methoxy groups -OCH3 is 1. The summed E-state index contributed by atoms with van der Waals surface area (Å²) in [6.45, 7) is 19.3. The molecule has 0 unspecified atom stereocenters. The number of carbonyl (C=O) groups excluding carboxylic acids is 5. The molecule has 0 aromatic heterocycles. The molecule has 2 amide bonds. The summed E-state index contributed by atoms with van der Waals surface area (Å²) < 4.78 is 29.8. The number of fused-ring (bicyclic) bond motifs is 1. The Morgan fingerprint density at radius 3 is 1.78 bits per heavy atom. The lowest BCUT2D eigenvalue weighted by molar-refractivity contribution is -0.300. The Balaban J connectivity index is 2.01. The van der Waals surface area contributed by atoms with E-state index in [9.17, 15) is 24.0 Å². The summed E-state index contributed by atoms with van der Waals surface area (Å²) in [5.74, 6) is -4.70. The first-order valence-electron chi connectivity index (χ1n) is 18.0. The zero-order chi connectivity index (χ0) is 38.3. The van der Waals surface area contributed by atoms with Crippen molar-refractivity contribution >= 4 is 29.7 Å². The Bertz CT molecular complexity index is 1490. The second kappa shape index (κ2) is 18.1. The fourth-order valence-electron chi connectivity index (χ4n) is 5.85. The standard InChI is InChI=1S/C40H57NO10/c1-21(2)28-15-14-27(29-17-13-26(11)30(29)19-28)16-18-32(42)49-35-34(51-39(46)25(9)10)33(50-38(45)24(7)8)31(48-40(35)47-12)20-41(36(43)22(3)4)37(44)23(5)6/h13-15,17,19,21-25,31,33-35,40H,16,18,20H2,1-12H3/t31-,33-,34+,35+,40+/m1/s1. The summed E-state index contributed by atoms with van der Waals surface area (Å²) in [5, 5.41) is 0. The molecule has 11 nitrogen and oxygen atoms in total. The van der Waals surface area contributed by atoms with Crippen LogP contribution < -0.4 is 0 Å². The van der Waals surface area contributed by atoms with E-state index < -0.39 is 84.1 Å². The summed E-state index contributed by atoms with van der Waals surface area (Å²) in [6, 6.07) is 10.4. The zero-order valence-corrected chi connectivity index (χ0v) is 32.3. The molecule has 0 spiro atoms. The topological polar surface area (TPSA) is 135 Å². The van der Waals surface area contributed by atoms with Crippen molar-refractivity contribution in [2.45, 2.75) is 126 Å². The normalized spacial score (nSPS) is 20.7. The molecular formula is C40H57NO10. The average Bonchev–Trinajstić information content (AvgIpc) is 3.31. The predicted octanol–water partition coefficient (Wildman–Crippen LogP) is 6.24. The van der Waals surface area contributed by atoms with Crippen LogP contribution in [0.25, 0.3) is 11.1 Å². The molecule has 0 aromatic rings. The minimum Gasteiger partial charge on any atom is -0.455 e. The summed E-state index contributed by atoms with van der Waals surface area (Å²) in [4.78, 5) is 67.6. The molecule has 0 saturated carbocycles. The van der Waals surface area contributed by atoms with E-state index in [0.717, 1.165) is 27.2 Å². The van der Waals surface area contributed by atoms with Crippen LogP contribution in [0, 0.1) is 30.6 Å². The van der Waals surface area contributed by atoms with Crippen LogP contribution in [0.1, 0.15) is 98.3 Å². The van der Waals surface area contributed by atoms with E-state index >= 15 is 0 Å². The smallest absolute Gasteiger partial charge is 0.308 e. The second-order valence-electron chi connectivity index (χ2n) is 14.9. The molecule has 3 rings (SSSR count). The molecule has 2 aliphatic carbocycles. The number of esters is 3. The maximum atomic E-state index is 13.7. The van der Waals surface area contributed by atoms with Gasteiger partial charge in [-0.25, -0.2) is 0 Å². The van der Waals surface area contributed by atoms with E-state index in [-0.39, 0.29) is 13.0 Å². The highest BCUT2D eigenvalue weighted by Gasteiger charge is 2.54. The van der Waals surface area contributed by atoms with E-state index in [0.29, 0.717) is 12.3 Å². The number of rotatable bonds is 14. The van der Waals surface area contributed by atoms with Crippen molar-refractivity contribution in [2.75, 3.05) is 13.7 Å². The van der Waals surface area contributed by atoms with Crippen molar-refractivity contribution in [2.24, 2.45) is 23.7 Å². The molecule has 0 radical (unpaired) electrons. The quantitative estimate of drug-likeness (QED) is 0.164. The van der Waals surface area contributed by atoms with Crippen LogP contribution in [0.5, 0.6) is 0 Å². The monoisotopic (exact) mass is 711 g/mol. The lowest BCUT2D eigenvalue weighted by Gasteiger charge is -2.45. The van der Waals surface area contributed by atoms with Gasteiger partial charge in [0.1, 0.15) is 6.10 Å². The van der Waals surface area contributed by atoms with Crippen LogP contribution in [0.3, 0.4) is 0 Å². The van der Waals surface area contributed by atoms with Crippen molar-refractivity contribution in [3.05, 3.63) is 47.0 Å². The van der Waals surface area contributed by atoms with Gasteiger partial charge < -0.3 is 23.7 Å². The lowest BCUT2D eigenvalue weighted by atomic mass is 9.96. The van der Waals surface area contributed by atoms with Gasteiger partial charge in [0, 0.05) is 25.4 Å². The number of nitrogens with zero attached hydrogens (tertiary/aromatic N) is 1. The Kier molecular flexibility index (Phi) is 14.7.